The number of aromatic nitrogens is 3. The zero-order chi connectivity index (χ0) is 15.2. The Morgan fingerprint density at radius 1 is 1.43 bits per heavy atom. The second-order valence-corrected chi connectivity index (χ2v) is 4.05. The Bertz CT molecular complexity index is 637. The van der Waals surface area contributed by atoms with E-state index in [0.29, 0.717) is 12.2 Å². The lowest BCUT2D eigenvalue weighted by molar-refractivity contribution is -0.384. The van der Waals surface area contributed by atoms with Gasteiger partial charge in [0, 0.05) is 12.1 Å². The molecule has 0 aliphatic carbocycles. The number of benzene rings is 1. The highest BCUT2D eigenvalue weighted by Gasteiger charge is 2.10. The van der Waals surface area contributed by atoms with E-state index in [1.807, 2.05) is 0 Å². The molecule has 1 aromatic carbocycles. The first-order valence-corrected chi connectivity index (χ1v) is 6.17. The maximum absolute atomic E-state index is 11.8. The van der Waals surface area contributed by atoms with Crippen LogP contribution in [0.25, 0.3) is 0 Å². The molecule has 9 nitrogen and oxygen atoms in total. The van der Waals surface area contributed by atoms with Gasteiger partial charge in [-0.2, -0.15) is 4.98 Å². The van der Waals surface area contributed by atoms with Crippen LogP contribution in [0.2, 0.25) is 0 Å². The third kappa shape index (κ3) is 4.00. The van der Waals surface area contributed by atoms with Crippen LogP contribution < -0.4 is 10.1 Å². The molecule has 2 N–H and O–H groups in total. The van der Waals surface area contributed by atoms with Gasteiger partial charge in [-0.3, -0.25) is 20.2 Å². The maximum atomic E-state index is 11.8. The Kier molecular flexibility index (Phi) is 4.44. The molecule has 21 heavy (non-hydrogen) atoms. The highest BCUT2D eigenvalue weighted by Crippen LogP contribution is 2.13. The van der Waals surface area contributed by atoms with Gasteiger partial charge in [0.2, 0.25) is 11.9 Å². The molecule has 2 rings (SSSR count). The number of nitrogens with zero attached hydrogens (tertiary/aromatic N) is 3. The van der Waals surface area contributed by atoms with Crippen LogP contribution in [0.5, 0.6) is 6.01 Å². The first-order chi connectivity index (χ1) is 10.1. The number of H-pyrrole nitrogens is 1. The number of anilines is 1. The average molecular weight is 291 g/mol. The largest absolute Gasteiger partial charge is 0.463 e. The Balaban J connectivity index is 1.92. The van der Waals surface area contributed by atoms with Crippen molar-refractivity contribution in [3.05, 3.63) is 39.9 Å². The Labute approximate surface area is 119 Å². The lowest BCUT2D eigenvalue weighted by Crippen LogP contribution is -2.15. The SMILES string of the molecule is CCOc1n[nH]c(NC(=O)Cc2ccc([N+](=O)[O-])cc2)n1. The van der Waals surface area contributed by atoms with Crippen molar-refractivity contribution in [2.75, 3.05) is 11.9 Å². The smallest absolute Gasteiger partial charge is 0.337 e. The van der Waals surface area contributed by atoms with Gasteiger partial charge < -0.3 is 4.74 Å². The first kappa shape index (κ1) is 14.4. The summed E-state index contributed by atoms with van der Waals surface area (Å²) >= 11 is 0. The van der Waals surface area contributed by atoms with Crippen molar-refractivity contribution in [2.45, 2.75) is 13.3 Å². The molecule has 0 saturated carbocycles. The number of rotatable bonds is 6. The van der Waals surface area contributed by atoms with Crippen LogP contribution in [0.4, 0.5) is 11.6 Å². The van der Waals surface area contributed by atoms with Crippen molar-refractivity contribution in [1.29, 1.82) is 0 Å². The molecule has 0 saturated heterocycles. The highest BCUT2D eigenvalue weighted by molar-refractivity contribution is 5.90. The number of carbonyl (C=O) groups excluding carboxylic acids is 1. The molecule has 110 valence electrons. The second kappa shape index (κ2) is 6.46. The Morgan fingerprint density at radius 3 is 2.76 bits per heavy atom. The third-order valence-electron chi connectivity index (χ3n) is 2.51. The number of hydrogen-bond acceptors (Lipinski definition) is 6. The highest BCUT2D eigenvalue weighted by atomic mass is 16.6. The van der Waals surface area contributed by atoms with E-state index in [4.69, 9.17) is 4.74 Å². The molecular weight excluding hydrogens is 278 g/mol. The lowest BCUT2D eigenvalue weighted by Gasteiger charge is -2.01. The van der Waals surface area contributed by atoms with Crippen molar-refractivity contribution in [3.63, 3.8) is 0 Å². The minimum absolute atomic E-state index is 0.0178. The quantitative estimate of drug-likeness (QED) is 0.610. The normalized spacial score (nSPS) is 10.1. The number of hydrogen-bond donors (Lipinski definition) is 2. The molecule has 1 amide bonds. The van der Waals surface area contributed by atoms with Crippen LogP contribution in [-0.4, -0.2) is 32.6 Å². The second-order valence-electron chi connectivity index (χ2n) is 4.05. The number of amides is 1. The number of nitrogens with one attached hydrogen (secondary N) is 2. The zero-order valence-electron chi connectivity index (χ0n) is 11.2. The molecule has 0 unspecified atom stereocenters. The van der Waals surface area contributed by atoms with Crippen LogP contribution in [0.3, 0.4) is 0 Å². The first-order valence-electron chi connectivity index (χ1n) is 6.17. The van der Waals surface area contributed by atoms with Gasteiger partial charge in [0.05, 0.1) is 18.0 Å². The number of non-ortho nitro benzene ring substituents is 1. The summed E-state index contributed by atoms with van der Waals surface area (Å²) in [6.07, 6.45) is 0.0721. The van der Waals surface area contributed by atoms with Gasteiger partial charge in [-0.1, -0.05) is 12.1 Å². The van der Waals surface area contributed by atoms with E-state index in [1.165, 1.54) is 24.3 Å². The molecule has 0 radical (unpaired) electrons. The van der Waals surface area contributed by atoms with E-state index >= 15 is 0 Å². The molecule has 0 aliphatic heterocycles. The van der Waals surface area contributed by atoms with Gasteiger partial charge >= 0.3 is 6.01 Å². The molecule has 0 bridgehead atoms. The van der Waals surface area contributed by atoms with Gasteiger partial charge in [-0.25, -0.2) is 5.10 Å². The van der Waals surface area contributed by atoms with Crippen LogP contribution in [0, 0.1) is 10.1 Å². The van der Waals surface area contributed by atoms with E-state index < -0.39 is 4.92 Å². The maximum Gasteiger partial charge on any atom is 0.337 e. The number of ether oxygens (including phenoxy) is 1. The molecule has 0 atom stereocenters. The van der Waals surface area contributed by atoms with Crippen molar-refractivity contribution in [2.24, 2.45) is 0 Å². The minimum Gasteiger partial charge on any atom is -0.463 e. The predicted molar refractivity (Wildman–Crippen MR) is 73.0 cm³/mol. The summed E-state index contributed by atoms with van der Waals surface area (Å²) < 4.78 is 5.05. The van der Waals surface area contributed by atoms with Gasteiger partial charge in [0.25, 0.3) is 5.69 Å². The van der Waals surface area contributed by atoms with Gasteiger partial charge in [0.15, 0.2) is 0 Å². The van der Waals surface area contributed by atoms with Crippen LogP contribution in [0.15, 0.2) is 24.3 Å². The summed E-state index contributed by atoms with van der Waals surface area (Å²) in [6, 6.07) is 5.92. The fourth-order valence-electron chi connectivity index (χ4n) is 1.59. The molecule has 1 aromatic heterocycles. The van der Waals surface area contributed by atoms with Gasteiger partial charge in [-0.15, -0.1) is 5.10 Å². The average Bonchev–Trinajstić information content (AvgIpc) is 2.87. The third-order valence-corrected chi connectivity index (χ3v) is 2.51. The molecule has 2 aromatic rings. The molecule has 9 heteroatoms. The van der Waals surface area contributed by atoms with E-state index in [1.54, 1.807) is 6.92 Å². The van der Waals surface area contributed by atoms with Crippen molar-refractivity contribution < 1.29 is 14.5 Å². The van der Waals surface area contributed by atoms with Crippen LogP contribution >= 0.6 is 0 Å². The number of nitro benzene ring substituents is 1. The summed E-state index contributed by atoms with van der Waals surface area (Å²) in [5, 5.41) is 19.3. The monoisotopic (exact) mass is 291 g/mol. The molecule has 0 spiro atoms. The molecule has 0 fully saturated rings. The van der Waals surface area contributed by atoms with E-state index in [2.05, 4.69) is 20.5 Å². The summed E-state index contributed by atoms with van der Waals surface area (Å²) in [5.74, 6) is -0.131. The van der Waals surface area contributed by atoms with Crippen molar-refractivity contribution in [1.82, 2.24) is 15.2 Å². The van der Waals surface area contributed by atoms with Crippen molar-refractivity contribution in [3.8, 4) is 6.01 Å². The van der Waals surface area contributed by atoms with Gasteiger partial charge in [0.1, 0.15) is 0 Å². The van der Waals surface area contributed by atoms with E-state index in [9.17, 15) is 14.9 Å². The van der Waals surface area contributed by atoms with Crippen LogP contribution in [-0.2, 0) is 11.2 Å². The summed E-state index contributed by atoms with van der Waals surface area (Å²) in [4.78, 5) is 25.7. The van der Waals surface area contributed by atoms with Crippen LogP contribution in [0.1, 0.15) is 12.5 Å². The van der Waals surface area contributed by atoms with Crippen molar-refractivity contribution >= 4 is 17.5 Å². The predicted octanol–water partition coefficient (Wildman–Crippen LogP) is 1.29. The molecule has 1 heterocycles. The number of aromatic amines is 1. The fourth-order valence-corrected chi connectivity index (χ4v) is 1.59. The lowest BCUT2D eigenvalue weighted by atomic mass is 10.1. The minimum atomic E-state index is -0.492. The zero-order valence-corrected chi connectivity index (χ0v) is 11.2. The summed E-state index contributed by atoms with van der Waals surface area (Å²) in [6.45, 7) is 2.22. The standard InChI is InChI=1S/C12H13N5O4/c1-2-21-12-14-11(15-16-12)13-10(18)7-8-3-5-9(6-4-8)17(19)20/h3-6H,2,7H2,1H3,(H2,13,14,15,16,18). The Hall–Kier alpha value is -2.97. The van der Waals surface area contributed by atoms with E-state index in [-0.39, 0.29) is 30.0 Å². The topological polar surface area (TPSA) is 123 Å². The fraction of sp³-hybridized carbons (Fsp3) is 0.250. The number of carbonyl (C=O) groups is 1. The summed E-state index contributed by atoms with van der Waals surface area (Å²) in [7, 11) is 0. The Morgan fingerprint density at radius 2 is 2.14 bits per heavy atom. The molecular formula is C12H13N5O4. The van der Waals surface area contributed by atoms with E-state index in [0.717, 1.165) is 0 Å². The summed E-state index contributed by atoms with van der Waals surface area (Å²) in [5.41, 5.74) is 0.637. The number of nitro groups is 1. The van der Waals surface area contributed by atoms with Gasteiger partial charge in [-0.05, 0) is 12.5 Å². The molecule has 0 aliphatic rings.